The van der Waals surface area contributed by atoms with Gasteiger partial charge in [0.1, 0.15) is 6.54 Å². The van der Waals surface area contributed by atoms with Gasteiger partial charge in [0, 0.05) is 18.6 Å². The Bertz CT molecular complexity index is 638. The summed E-state index contributed by atoms with van der Waals surface area (Å²) in [6.45, 7) is 3.48. The summed E-state index contributed by atoms with van der Waals surface area (Å²) in [5.41, 5.74) is -5.65. The number of hydrogen-bond acceptors (Lipinski definition) is 3. The minimum atomic E-state index is -6.09. The Labute approximate surface area is 193 Å². The average molecular weight is 482 g/mol. The molecule has 188 valence electrons. The van der Waals surface area contributed by atoms with E-state index in [4.69, 9.17) is 13.0 Å². The van der Waals surface area contributed by atoms with Gasteiger partial charge in [-0.1, -0.05) is 103 Å². The van der Waals surface area contributed by atoms with Crippen molar-refractivity contribution in [2.45, 2.75) is 122 Å². The second-order valence-electron chi connectivity index (χ2n) is 8.32. The molecule has 0 aromatic carbocycles. The molecule has 1 heterocycles. The fourth-order valence-corrected chi connectivity index (χ4v) is 3.43. The van der Waals surface area contributed by atoms with Crippen LogP contribution in [0.2, 0.25) is 0 Å². The van der Waals surface area contributed by atoms with Crippen molar-refractivity contribution in [3.63, 3.8) is 0 Å². The van der Waals surface area contributed by atoms with Crippen LogP contribution in [-0.4, -0.2) is 18.5 Å². The van der Waals surface area contributed by atoms with Crippen molar-refractivity contribution in [3.8, 4) is 0 Å². The van der Waals surface area contributed by atoms with E-state index >= 15 is 0 Å². The van der Waals surface area contributed by atoms with Gasteiger partial charge in [-0.25, -0.2) is 13.0 Å². The molecule has 0 spiro atoms. The maximum Gasteiger partial charge on any atom is 0.485 e. The van der Waals surface area contributed by atoms with E-state index in [9.17, 15) is 13.2 Å². The van der Waals surface area contributed by atoms with Gasteiger partial charge >= 0.3 is 5.51 Å². The topological polar surface area (TPSA) is 61.1 Å². The first kappa shape index (κ1) is 30.9. The van der Waals surface area contributed by atoms with E-state index in [1.807, 2.05) is 0 Å². The lowest BCUT2D eigenvalue weighted by Gasteiger charge is -2.08. The van der Waals surface area contributed by atoms with Crippen LogP contribution < -0.4 is 4.57 Å². The number of aromatic nitrogens is 1. The number of nitrogens with zero attached hydrogens (tertiary/aromatic N) is 1. The fourth-order valence-electron chi connectivity index (χ4n) is 3.43. The molecule has 1 rings (SSSR count). The first-order valence-corrected chi connectivity index (χ1v) is 13.6. The predicted molar refractivity (Wildman–Crippen MR) is 122 cm³/mol. The van der Waals surface area contributed by atoms with Gasteiger partial charge < -0.3 is 4.55 Å². The zero-order valence-corrected chi connectivity index (χ0v) is 20.4. The van der Waals surface area contributed by atoms with Crippen LogP contribution in [0.5, 0.6) is 0 Å². The van der Waals surface area contributed by atoms with Gasteiger partial charge in [-0.05, 0) is 6.42 Å². The molecule has 0 bridgehead atoms. The highest BCUT2D eigenvalue weighted by Gasteiger charge is 2.36. The Morgan fingerprint density at radius 1 is 0.656 bits per heavy atom. The molecule has 1 aromatic rings. The fraction of sp³-hybridized carbons (Fsp3) is 0.792. The molecule has 0 saturated carbocycles. The molecule has 0 aliphatic rings. The number of rotatable bonds is 17. The first-order chi connectivity index (χ1) is 15.2. The summed E-state index contributed by atoms with van der Waals surface area (Å²) >= 11 is 0. The van der Waals surface area contributed by atoms with E-state index in [2.05, 4.69) is 42.1 Å². The summed E-state index contributed by atoms with van der Waals surface area (Å²) < 4.78 is 61.2. The molecule has 0 aliphatic carbocycles. The van der Waals surface area contributed by atoms with Crippen molar-refractivity contribution in [3.05, 3.63) is 30.6 Å². The standard InChI is InChI=1S/C23H42N.CHF3O3S/c1-2-3-4-5-6-7-8-9-10-11-12-13-14-15-16-18-21-24-22-19-17-20-23-24;2-1(3,4)8(5,6)7/h17,19-20,22-23H,2-16,18,21H2,1H3;(H,5,6,7)/q+1;/p-1. The number of alkyl halides is 3. The zero-order chi connectivity index (χ0) is 24.1. The van der Waals surface area contributed by atoms with Crippen LogP contribution in [0.1, 0.15) is 110 Å². The number of hydrogen-bond donors (Lipinski definition) is 0. The van der Waals surface area contributed by atoms with Crippen molar-refractivity contribution in [1.29, 1.82) is 0 Å². The summed E-state index contributed by atoms with van der Waals surface area (Å²) in [6, 6.07) is 6.32. The Balaban J connectivity index is 0.00000102. The molecule has 0 atom stereocenters. The third kappa shape index (κ3) is 19.5. The van der Waals surface area contributed by atoms with Gasteiger partial charge in [0.05, 0.1) is 0 Å². The smallest absolute Gasteiger partial charge is 0.485 e. The minimum Gasteiger partial charge on any atom is -0.741 e. The lowest BCUT2D eigenvalue weighted by Crippen LogP contribution is -2.32. The first-order valence-electron chi connectivity index (χ1n) is 12.1. The van der Waals surface area contributed by atoms with Crippen molar-refractivity contribution in [1.82, 2.24) is 0 Å². The molecule has 32 heavy (non-hydrogen) atoms. The second kappa shape index (κ2) is 19.3. The Morgan fingerprint density at radius 3 is 1.28 bits per heavy atom. The van der Waals surface area contributed by atoms with Crippen molar-refractivity contribution >= 4 is 10.1 Å². The van der Waals surface area contributed by atoms with Gasteiger partial charge in [0.25, 0.3) is 0 Å². The van der Waals surface area contributed by atoms with E-state index in [1.54, 1.807) is 0 Å². The van der Waals surface area contributed by atoms with Crippen molar-refractivity contribution < 1.29 is 30.7 Å². The molecule has 0 saturated heterocycles. The third-order valence-electron chi connectivity index (χ3n) is 5.33. The number of aryl methyl sites for hydroxylation is 1. The monoisotopic (exact) mass is 481 g/mol. The van der Waals surface area contributed by atoms with Crippen LogP contribution in [0.4, 0.5) is 13.2 Å². The van der Waals surface area contributed by atoms with Gasteiger partial charge in [0.2, 0.25) is 0 Å². The van der Waals surface area contributed by atoms with Gasteiger partial charge in [-0.15, -0.1) is 0 Å². The lowest BCUT2D eigenvalue weighted by molar-refractivity contribution is -0.697. The summed E-state index contributed by atoms with van der Waals surface area (Å²) in [6.07, 6.45) is 27.4. The Kier molecular flexibility index (Phi) is 18.6. The molecule has 1 aromatic heterocycles. The van der Waals surface area contributed by atoms with E-state index < -0.39 is 15.6 Å². The SMILES string of the molecule is CCCCCCCCCCCCCCCCCC[n+]1ccccc1.O=S(=O)([O-])C(F)(F)F. The maximum atomic E-state index is 10.7. The van der Waals surface area contributed by atoms with Crippen LogP contribution in [0.3, 0.4) is 0 Å². The molecule has 0 fully saturated rings. The highest BCUT2D eigenvalue weighted by molar-refractivity contribution is 7.86. The number of pyridine rings is 1. The molecule has 0 aliphatic heterocycles. The van der Waals surface area contributed by atoms with Crippen LogP contribution in [0, 0.1) is 0 Å². The van der Waals surface area contributed by atoms with Crippen molar-refractivity contribution in [2.75, 3.05) is 0 Å². The highest BCUT2D eigenvalue weighted by Crippen LogP contribution is 2.20. The van der Waals surface area contributed by atoms with Crippen LogP contribution in [0.15, 0.2) is 30.6 Å². The van der Waals surface area contributed by atoms with Gasteiger partial charge in [-0.3, -0.25) is 0 Å². The maximum absolute atomic E-state index is 10.7. The minimum absolute atomic E-state index is 1.18. The van der Waals surface area contributed by atoms with Crippen molar-refractivity contribution in [2.24, 2.45) is 0 Å². The molecule has 4 nitrogen and oxygen atoms in total. The molecular formula is C24H42F3NO3S. The molecule has 0 unspecified atom stereocenters. The molecule has 0 radical (unpaired) electrons. The zero-order valence-electron chi connectivity index (χ0n) is 19.6. The number of halogens is 3. The Morgan fingerprint density at radius 2 is 0.969 bits per heavy atom. The summed E-state index contributed by atoms with van der Waals surface area (Å²) in [5, 5.41) is 0. The van der Waals surface area contributed by atoms with Crippen LogP contribution in [-0.2, 0) is 16.7 Å². The molecular weight excluding hydrogens is 439 g/mol. The Hall–Kier alpha value is -1.15. The summed E-state index contributed by atoms with van der Waals surface area (Å²) in [5.74, 6) is 0. The largest absolute Gasteiger partial charge is 0.741 e. The lowest BCUT2D eigenvalue weighted by atomic mass is 10.0. The molecule has 0 N–H and O–H groups in total. The number of unbranched alkanes of at least 4 members (excludes halogenated alkanes) is 15. The van der Waals surface area contributed by atoms with Crippen LogP contribution >= 0.6 is 0 Å². The quantitative estimate of drug-likeness (QED) is 0.102. The second-order valence-corrected chi connectivity index (χ2v) is 9.69. The van der Waals surface area contributed by atoms with Crippen LogP contribution in [0.25, 0.3) is 0 Å². The third-order valence-corrected chi connectivity index (χ3v) is 5.90. The average Bonchev–Trinajstić information content (AvgIpc) is 2.73. The summed E-state index contributed by atoms with van der Waals surface area (Å²) in [4.78, 5) is 0. The predicted octanol–water partition coefficient (Wildman–Crippen LogP) is 7.29. The van der Waals surface area contributed by atoms with E-state index in [0.29, 0.717) is 0 Å². The normalized spacial score (nSPS) is 11.8. The van der Waals surface area contributed by atoms with Gasteiger partial charge in [-0.2, -0.15) is 13.2 Å². The van der Waals surface area contributed by atoms with Gasteiger partial charge in [0.15, 0.2) is 22.5 Å². The van der Waals surface area contributed by atoms with E-state index in [-0.39, 0.29) is 0 Å². The summed E-state index contributed by atoms with van der Waals surface area (Å²) in [7, 11) is -6.09. The van der Waals surface area contributed by atoms with E-state index in [1.165, 1.54) is 109 Å². The molecule has 0 amide bonds. The van der Waals surface area contributed by atoms with E-state index in [0.717, 1.165) is 0 Å². The molecule has 8 heteroatoms. The highest BCUT2D eigenvalue weighted by atomic mass is 32.2.